The second-order valence-electron chi connectivity index (χ2n) is 3.18. The van der Waals surface area contributed by atoms with E-state index in [9.17, 15) is 0 Å². The van der Waals surface area contributed by atoms with Gasteiger partial charge in [0.1, 0.15) is 9.12 Å². The molecule has 2 heteroatoms. The normalized spacial score (nSPS) is 8.87. The second kappa shape index (κ2) is 6.10. The van der Waals surface area contributed by atoms with Gasteiger partial charge in [-0.2, -0.15) is 0 Å². The molecule has 2 aromatic carbocycles. The van der Waals surface area contributed by atoms with E-state index in [1.54, 1.807) is 9.12 Å². The van der Waals surface area contributed by atoms with Gasteiger partial charge in [0.2, 0.25) is 0 Å². The van der Waals surface area contributed by atoms with Crippen molar-refractivity contribution in [2.45, 2.75) is 6.92 Å². The van der Waals surface area contributed by atoms with Crippen LogP contribution in [0.1, 0.15) is 5.56 Å². The van der Waals surface area contributed by atoms with Crippen molar-refractivity contribution in [2.24, 2.45) is 0 Å². The Bertz CT molecular complexity index is 412. The summed E-state index contributed by atoms with van der Waals surface area (Å²) in [7, 11) is 1.72. The van der Waals surface area contributed by atoms with E-state index in [1.165, 1.54) is 16.7 Å². The summed E-state index contributed by atoms with van der Waals surface area (Å²) in [5, 5.41) is 0. The van der Waals surface area contributed by atoms with Crippen LogP contribution in [-0.4, -0.2) is 0 Å². The van der Waals surface area contributed by atoms with E-state index in [-0.39, 0.29) is 0 Å². The molecule has 0 radical (unpaired) electrons. The zero-order valence-electron chi connectivity index (χ0n) is 8.60. The minimum absolute atomic E-state index is 1.29. The van der Waals surface area contributed by atoms with Crippen LogP contribution in [0.3, 0.4) is 0 Å². The van der Waals surface area contributed by atoms with E-state index in [2.05, 4.69) is 55.5 Å². The van der Waals surface area contributed by atoms with Crippen LogP contribution in [0, 0.1) is 6.92 Å². The van der Waals surface area contributed by atoms with Crippen LogP contribution in [0.5, 0.6) is 0 Å². The van der Waals surface area contributed by atoms with Crippen LogP contribution >= 0.6 is 9.12 Å². The van der Waals surface area contributed by atoms with Gasteiger partial charge in [0, 0.05) is 0 Å². The molecule has 0 saturated heterocycles. The molecule has 0 atom stereocenters. The minimum atomic E-state index is 1.29. The molecule has 76 valence electrons. The summed E-state index contributed by atoms with van der Waals surface area (Å²) in [5.74, 6) is 0. The molecule has 0 saturated carbocycles. The smallest absolute Gasteiger partial charge is 0.138 e. The van der Waals surface area contributed by atoms with E-state index in [0.717, 1.165) is 0 Å². The number of hydrogen-bond donors (Lipinski definition) is 0. The molecule has 1 nitrogen and oxygen atoms in total. The van der Waals surface area contributed by atoms with Gasteiger partial charge >= 0.3 is 0 Å². The maximum atomic E-state index is 8.06. The predicted molar refractivity (Wildman–Crippen MR) is 65.6 cm³/mol. The van der Waals surface area contributed by atoms with Crippen molar-refractivity contribution in [1.29, 1.82) is 0 Å². The van der Waals surface area contributed by atoms with E-state index < -0.39 is 0 Å². The third kappa shape index (κ3) is 3.00. The Balaban J connectivity index is 0.000000531. The topological polar surface area (TPSA) is 17.1 Å². The fraction of sp³-hybridized carbons (Fsp3) is 0.0769. The maximum absolute atomic E-state index is 8.06. The first-order chi connectivity index (χ1) is 7.38. The first-order valence-corrected chi connectivity index (χ1v) is 5.10. The van der Waals surface area contributed by atoms with Gasteiger partial charge < -0.3 is 0 Å². The van der Waals surface area contributed by atoms with Crippen LogP contribution in [0.15, 0.2) is 54.6 Å². The molecule has 0 aliphatic heterocycles. The monoisotopic (exact) mass is 216 g/mol. The van der Waals surface area contributed by atoms with Crippen LogP contribution < -0.4 is 0 Å². The average Bonchev–Trinajstić information content (AvgIpc) is 2.33. The zero-order valence-corrected chi connectivity index (χ0v) is 9.60. The van der Waals surface area contributed by atoms with Crippen molar-refractivity contribution >= 4 is 9.12 Å². The second-order valence-corrected chi connectivity index (χ2v) is 3.18. The Labute approximate surface area is 92.4 Å². The fourth-order valence-corrected chi connectivity index (χ4v) is 1.51. The highest BCUT2D eigenvalue weighted by Crippen LogP contribution is 2.21. The molecular formula is C13H13OP. The molecule has 0 heterocycles. The number of aryl methyl sites for hydroxylation is 1. The minimum Gasteiger partial charge on any atom is -0.279 e. The average molecular weight is 216 g/mol. The van der Waals surface area contributed by atoms with Crippen molar-refractivity contribution < 1.29 is 4.57 Å². The van der Waals surface area contributed by atoms with Gasteiger partial charge in [-0.15, -0.1) is 0 Å². The van der Waals surface area contributed by atoms with Crippen molar-refractivity contribution in [2.75, 3.05) is 0 Å². The third-order valence-corrected chi connectivity index (χ3v) is 2.23. The summed E-state index contributed by atoms with van der Waals surface area (Å²) in [6.45, 7) is 2.14. The Morgan fingerprint density at radius 2 is 1.33 bits per heavy atom. The molecular weight excluding hydrogens is 203 g/mol. The molecule has 0 aliphatic carbocycles. The molecule has 0 unspecified atom stereocenters. The SMILES string of the molecule is Cc1ccccc1-c1ccccc1.O=P. The summed E-state index contributed by atoms with van der Waals surface area (Å²) >= 11 is 0. The van der Waals surface area contributed by atoms with Gasteiger partial charge in [-0.1, -0.05) is 54.6 Å². The Morgan fingerprint density at radius 1 is 0.800 bits per heavy atom. The predicted octanol–water partition coefficient (Wildman–Crippen LogP) is 4.14. The fourth-order valence-electron chi connectivity index (χ4n) is 1.51. The van der Waals surface area contributed by atoms with Gasteiger partial charge in [0.05, 0.1) is 0 Å². The quantitative estimate of drug-likeness (QED) is 0.655. The van der Waals surface area contributed by atoms with Crippen molar-refractivity contribution in [3.05, 3.63) is 60.2 Å². The van der Waals surface area contributed by atoms with Gasteiger partial charge in [0.15, 0.2) is 0 Å². The summed E-state index contributed by atoms with van der Waals surface area (Å²) < 4.78 is 8.06. The van der Waals surface area contributed by atoms with Crippen molar-refractivity contribution in [3.63, 3.8) is 0 Å². The molecule has 2 rings (SSSR count). The molecule has 0 aliphatic rings. The molecule has 0 aromatic heterocycles. The molecule has 2 aromatic rings. The highest BCUT2D eigenvalue weighted by atomic mass is 31.0. The van der Waals surface area contributed by atoms with E-state index in [1.807, 2.05) is 6.07 Å². The highest BCUT2D eigenvalue weighted by molar-refractivity contribution is 7.00. The number of rotatable bonds is 1. The molecule has 0 N–H and O–H groups in total. The van der Waals surface area contributed by atoms with Crippen molar-refractivity contribution in [1.82, 2.24) is 0 Å². The van der Waals surface area contributed by atoms with E-state index in [4.69, 9.17) is 4.57 Å². The molecule has 15 heavy (non-hydrogen) atoms. The summed E-state index contributed by atoms with van der Waals surface area (Å²) in [6, 6.07) is 18.9. The maximum Gasteiger partial charge on any atom is 0.138 e. The Kier molecular flexibility index (Phi) is 4.73. The molecule has 0 amide bonds. The summed E-state index contributed by atoms with van der Waals surface area (Å²) in [6.07, 6.45) is 0. The number of hydrogen-bond acceptors (Lipinski definition) is 1. The van der Waals surface area contributed by atoms with Gasteiger partial charge in [-0.3, -0.25) is 4.57 Å². The third-order valence-electron chi connectivity index (χ3n) is 2.23. The first-order valence-electron chi connectivity index (χ1n) is 4.69. The molecule has 0 spiro atoms. The van der Waals surface area contributed by atoms with Crippen LogP contribution in [-0.2, 0) is 4.57 Å². The lowest BCUT2D eigenvalue weighted by molar-refractivity contribution is 0.607. The van der Waals surface area contributed by atoms with Crippen LogP contribution in [0.4, 0.5) is 0 Å². The molecule has 0 fully saturated rings. The van der Waals surface area contributed by atoms with Gasteiger partial charge in [0.25, 0.3) is 0 Å². The van der Waals surface area contributed by atoms with Gasteiger partial charge in [-0.05, 0) is 23.6 Å². The van der Waals surface area contributed by atoms with Gasteiger partial charge in [-0.25, -0.2) is 0 Å². The van der Waals surface area contributed by atoms with Crippen molar-refractivity contribution in [3.8, 4) is 11.1 Å². The Morgan fingerprint density at radius 3 is 1.93 bits per heavy atom. The largest absolute Gasteiger partial charge is 0.279 e. The lowest BCUT2D eigenvalue weighted by Crippen LogP contribution is -1.80. The van der Waals surface area contributed by atoms with E-state index in [0.29, 0.717) is 0 Å². The van der Waals surface area contributed by atoms with E-state index >= 15 is 0 Å². The lowest BCUT2D eigenvalue weighted by atomic mass is 10.0. The number of benzene rings is 2. The summed E-state index contributed by atoms with van der Waals surface area (Å²) in [5.41, 5.74) is 3.94. The standard InChI is InChI=1S/C13H12.HOP/c1-11-7-5-6-10-13(11)12-8-3-2-4-9-12;1-2/h2-10H,1H3;2H. The highest BCUT2D eigenvalue weighted by Gasteiger charge is 1.97. The van der Waals surface area contributed by atoms with Crippen LogP contribution in [0.25, 0.3) is 11.1 Å². The Hall–Kier alpha value is -1.46. The zero-order chi connectivity index (χ0) is 11.1. The molecule has 0 bridgehead atoms. The summed E-state index contributed by atoms with van der Waals surface area (Å²) in [4.78, 5) is 0. The first kappa shape index (κ1) is 11.6. The lowest BCUT2D eigenvalue weighted by Gasteiger charge is -2.04. The van der Waals surface area contributed by atoms with Crippen LogP contribution in [0.2, 0.25) is 0 Å².